The van der Waals surface area contributed by atoms with Crippen molar-refractivity contribution >= 4 is 21.8 Å². The van der Waals surface area contributed by atoms with Gasteiger partial charge < -0.3 is 14.3 Å². The number of pyridine rings is 1. The van der Waals surface area contributed by atoms with E-state index in [1.807, 2.05) is 0 Å². The maximum atomic E-state index is 14.3. The molecule has 0 bridgehead atoms. The van der Waals surface area contributed by atoms with Crippen LogP contribution in [-0.2, 0) is 24.4 Å². The average molecular weight is 477 g/mol. The number of halogens is 3. The summed E-state index contributed by atoms with van der Waals surface area (Å²) in [6, 6.07) is 7.49. The molecule has 0 atom stereocenters. The molecule has 0 fully saturated rings. The molecule has 7 nitrogen and oxygen atoms in total. The number of H-pyrrole nitrogens is 1. The van der Waals surface area contributed by atoms with Crippen LogP contribution in [0.2, 0.25) is 0 Å². The fraction of sp³-hybridized carbons (Fsp3) is 0.136. The zero-order valence-electron chi connectivity index (χ0n) is 17.2. The van der Waals surface area contributed by atoms with Crippen molar-refractivity contribution in [1.82, 2.24) is 14.3 Å². The predicted octanol–water partition coefficient (Wildman–Crippen LogP) is 3.40. The van der Waals surface area contributed by atoms with Gasteiger partial charge in [-0.1, -0.05) is 6.07 Å². The number of nitrogens with one attached hydrogen (secondary N) is 2. The van der Waals surface area contributed by atoms with Crippen LogP contribution in [0.1, 0.15) is 5.56 Å². The third kappa shape index (κ3) is 4.64. The Morgan fingerprint density at radius 3 is 2.48 bits per heavy atom. The zero-order chi connectivity index (χ0) is 23.7. The molecule has 0 amide bonds. The van der Waals surface area contributed by atoms with E-state index in [1.54, 1.807) is 37.6 Å². The molecule has 33 heavy (non-hydrogen) atoms. The number of benzene rings is 2. The number of rotatable bonds is 7. The van der Waals surface area contributed by atoms with E-state index in [-0.39, 0.29) is 17.9 Å². The summed E-state index contributed by atoms with van der Waals surface area (Å²) in [7, 11) is -1.19. The summed E-state index contributed by atoms with van der Waals surface area (Å²) in [4.78, 5) is 15.3. The summed E-state index contributed by atoms with van der Waals surface area (Å²) in [5, 5.41) is 0.556. The van der Waals surface area contributed by atoms with Crippen LogP contribution in [0.3, 0.4) is 0 Å². The zero-order valence-corrected chi connectivity index (χ0v) is 18.1. The summed E-state index contributed by atoms with van der Waals surface area (Å²) in [6.07, 6.45) is 3.49. The quantitative estimate of drug-likeness (QED) is 0.356. The van der Waals surface area contributed by atoms with Gasteiger partial charge in [0.15, 0.2) is 17.4 Å². The van der Waals surface area contributed by atoms with Crippen molar-refractivity contribution in [3.05, 3.63) is 82.2 Å². The Hall–Kier alpha value is -3.57. The highest BCUT2D eigenvalue weighted by Gasteiger charge is 2.19. The molecular formula is C22H18F3N3O4S. The van der Waals surface area contributed by atoms with Gasteiger partial charge in [0.2, 0.25) is 10.9 Å². The highest BCUT2D eigenvalue weighted by Crippen LogP contribution is 2.38. The van der Waals surface area contributed by atoms with Crippen LogP contribution >= 0.6 is 0 Å². The van der Waals surface area contributed by atoms with Gasteiger partial charge in [0, 0.05) is 54.6 Å². The Kier molecular flexibility index (Phi) is 6.25. The molecule has 0 aliphatic carbocycles. The minimum atomic E-state index is -2.75. The van der Waals surface area contributed by atoms with E-state index in [0.717, 1.165) is 0 Å². The number of hydrogen-bond donors (Lipinski definition) is 3. The largest absolute Gasteiger partial charge is 0.451 e. The number of hydrogen-bond acceptors (Lipinski definition) is 4. The molecule has 2 aromatic carbocycles. The number of fused-ring (bicyclic) bond motifs is 1. The first-order valence-corrected chi connectivity index (χ1v) is 10.9. The van der Waals surface area contributed by atoms with E-state index >= 15 is 0 Å². The van der Waals surface area contributed by atoms with E-state index < -0.39 is 34.1 Å². The Labute approximate surface area is 187 Å². The number of aryl methyl sites for hydroxylation is 1. The molecule has 2 aromatic heterocycles. The second-order valence-corrected chi connectivity index (χ2v) is 8.10. The lowest BCUT2D eigenvalue weighted by Crippen LogP contribution is -2.16. The van der Waals surface area contributed by atoms with Gasteiger partial charge >= 0.3 is 0 Å². The van der Waals surface area contributed by atoms with E-state index in [1.165, 1.54) is 10.6 Å². The third-order valence-electron chi connectivity index (χ3n) is 5.06. The summed E-state index contributed by atoms with van der Waals surface area (Å²) in [5.41, 5.74) is 1.71. The number of thiol groups is 1. The maximum Gasteiger partial charge on any atom is 0.274 e. The molecule has 0 saturated heterocycles. The normalized spacial score (nSPS) is 11.4. The SMILES string of the molecule is Cn1cc(-c2cc(CCN[SH](=O)=O)ccc2Oc2c(F)cc(F)cc2F)c2cc[nH]c2c1=O. The molecule has 172 valence electrons. The van der Waals surface area contributed by atoms with Gasteiger partial charge in [-0.25, -0.2) is 26.3 Å². The number of nitrogens with zero attached hydrogens (tertiary/aromatic N) is 1. The van der Waals surface area contributed by atoms with Gasteiger partial charge in [0.25, 0.3) is 5.56 Å². The number of ether oxygens (including phenoxy) is 1. The summed E-state index contributed by atoms with van der Waals surface area (Å²) in [5.74, 6) is -4.21. The van der Waals surface area contributed by atoms with Gasteiger partial charge in [-0.15, -0.1) is 0 Å². The molecule has 0 saturated carbocycles. The maximum absolute atomic E-state index is 14.3. The van der Waals surface area contributed by atoms with Gasteiger partial charge in [-0.3, -0.25) is 4.79 Å². The third-order valence-corrected chi connectivity index (χ3v) is 5.54. The van der Waals surface area contributed by atoms with Crippen LogP contribution in [0, 0.1) is 17.5 Å². The van der Waals surface area contributed by atoms with Crippen molar-refractivity contribution in [1.29, 1.82) is 0 Å². The van der Waals surface area contributed by atoms with Crippen LogP contribution in [0.4, 0.5) is 13.2 Å². The topological polar surface area (TPSA) is 93.2 Å². The van der Waals surface area contributed by atoms with Crippen molar-refractivity contribution in [3.8, 4) is 22.6 Å². The second-order valence-electron chi connectivity index (χ2n) is 7.27. The van der Waals surface area contributed by atoms with Crippen LogP contribution in [0.5, 0.6) is 11.5 Å². The molecular weight excluding hydrogens is 459 g/mol. The van der Waals surface area contributed by atoms with Crippen LogP contribution in [-0.4, -0.2) is 24.5 Å². The lowest BCUT2D eigenvalue weighted by Gasteiger charge is -2.16. The molecule has 4 rings (SSSR count). The van der Waals surface area contributed by atoms with E-state index in [2.05, 4.69) is 9.71 Å². The Morgan fingerprint density at radius 2 is 1.79 bits per heavy atom. The van der Waals surface area contributed by atoms with Gasteiger partial charge in [0.05, 0.1) is 0 Å². The van der Waals surface area contributed by atoms with Gasteiger partial charge in [-0.05, 0) is 30.2 Å². The number of aromatic amines is 1. The Morgan fingerprint density at radius 1 is 1.06 bits per heavy atom. The molecule has 0 unspecified atom stereocenters. The molecule has 4 aromatic rings. The molecule has 11 heteroatoms. The van der Waals surface area contributed by atoms with Crippen LogP contribution < -0.4 is 15.0 Å². The van der Waals surface area contributed by atoms with Crippen molar-refractivity contribution in [2.24, 2.45) is 7.05 Å². The molecule has 2 heterocycles. The fourth-order valence-electron chi connectivity index (χ4n) is 3.54. The molecule has 2 N–H and O–H groups in total. The predicted molar refractivity (Wildman–Crippen MR) is 117 cm³/mol. The Bertz CT molecular complexity index is 1460. The fourth-order valence-corrected chi connectivity index (χ4v) is 3.84. The minimum absolute atomic E-state index is 0.0622. The van der Waals surface area contributed by atoms with Crippen molar-refractivity contribution in [2.75, 3.05) is 6.54 Å². The molecule has 0 aliphatic rings. The first kappa shape index (κ1) is 22.6. The molecule has 0 spiro atoms. The van der Waals surface area contributed by atoms with Crippen LogP contribution in [0.25, 0.3) is 22.0 Å². The second kappa shape index (κ2) is 9.12. The van der Waals surface area contributed by atoms with Gasteiger partial charge in [0.1, 0.15) is 17.1 Å². The smallest absolute Gasteiger partial charge is 0.274 e. The van der Waals surface area contributed by atoms with Crippen molar-refractivity contribution in [2.45, 2.75) is 6.42 Å². The monoisotopic (exact) mass is 477 g/mol. The average Bonchev–Trinajstić information content (AvgIpc) is 3.24. The van der Waals surface area contributed by atoms with Gasteiger partial charge in [-0.2, -0.15) is 0 Å². The Balaban J connectivity index is 1.87. The van der Waals surface area contributed by atoms with Crippen molar-refractivity contribution in [3.63, 3.8) is 0 Å². The first-order chi connectivity index (χ1) is 15.7. The molecule has 0 radical (unpaired) electrons. The summed E-state index contributed by atoms with van der Waals surface area (Å²) < 4.78 is 72.6. The lowest BCUT2D eigenvalue weighted by atomic mass is 9.99. The molecule has 0 aliphatic heterocycles. The van der Waals surface area contributed by atoms with E-state index in [0.29, 0.717) is 46.1 Å². The number of aromatic nitrogens is 2. The minimum Gasteiger partial charge on any atom is -0.451 e. The first-order valence-electron chi connectivity index (χ1n) is 9.75. The highest BCUT2D eigenvalue weighted by atomic mass is 32.2. The summed E-state index contributed by atoms with van der Waals surface area (Å²) in [6.45, 7) is 0.145. The van der Waals surface area contributed by atoms with Crippen molar-refractivity contribution < 1.29 is 26.3 Å². The van der Waals surface area contributed by atoms with E-state index in [9.17, 15) is 26.4 Å². The highest BCUT2D eigenvalue weighted by molar-refractivity contribution is 7.70. The van der Waals surface area contributed by atoms with Crippen LogP contribution in [0.15, 0.2) is 53.6 Å². The van der Waals surface area contributed by atoms with E-state index in [4.69, 9.17) is 4.74 Å². The lowest BCUT2D eigenvalue weighted by molar-refractivity contribution is 0.402. The standard InChI is InChI=1S/C22H18F3N3O4S/c1-28-11-16(14-5-6-26-20(14)22(28)29)15-8-12(4-7-27-33(30)31)2-3-19(15)32-21-17(24)9-13(23)10-18(21)25/h2-3,5-6,8-11,26,33H,4,7H2,1H3,(H,27,30,31). The summed E-state index contributed by atoms with van der Waals surface area (Å²) >= 11 is 0.